The lowest BCUT2D eigenvalue weighted by Gasteiger charge is -2.33. The lowest BCUT2D eigenvalue weighted by molar-refractivity contribution is 0.120. The molecule has 1 aliphatic heterocycles. The van der Waals surface area contributed by atoms with Crippen molar-refractivity contribution in [2.24, 2.45) is 0 Å². The highest BCUT2D eigenvalue weighted by molar-refractivity contribution is 7.91. The third kappa shape index (κ3) is 4.56. The van der Waals surface area contributed by atoms with Crippen LogP contribution in [-0.2, 0) is 16.4 Å². The molecule has 7 heteroatoms. The number of benzene rings is 2. The van der Waals surface area contributed by atoms with E-state index < -0.39 is 22.0 Å². The molecule has 2 atom stereocenters. The zero-order valence-corrected chi connectivity index (χ0v) is 15.2. The second kappa shape index (κ2) is 7.51. The van der Waals surface area contributed by atoms with Crippen molar-refractivity contribution in [2.75, 3.05) is 16.8 Å². The minimum Gasteiger partial charge on any atom is -0.390 e. The summed E-state index contributed by atoms with van der Waals surface area (Å²) in [6.45, 7) is 0.427. The fourth-order valence-corrected chi connectivity index (χ4v) is 5.06. The van der Waals surface area contributed by atoms with Crippen LogP contribution in [0.1, 0.15) is 5.56 Å². The molecule has 0 spiro atoms. The van der Waals surface area contributed by atoms with Crippen molar-refractivity contribution in [3.8, 4) is 0 Å². The summed E-state index contributed by atoms with van der Waals surface area (Å²) in [5.41, 5.74) is 1.82. The normalized spacial score (nSPS) is 21.6. The number of nitrogens with zero attached hydrogens (tertiary/aromatic N) is 1. The molecule has 1 heterocycles. The van der Waals surface area contributed by atoms with Crippen molar-refractivity contribution in [3.63, 3.8) is 0 Å². The fourth-order valence-electron chi connectivity index (χ4n) is 2.94. The SMILES string of the molecule is O=S1(=O)C[C@@H](O)[C@@H](N(Cc2ccccc2)C(=S)Nc2ccccc2)C1. The molecule has 0 amide bonds. The first-order valence-electron chi connectivity index (χ1n) is 8.00. The minimum absolute atomic E-state index is 0.0996. The molecular formula is C18H20N2O3S2. The molecule has 0 bridgehead atoms. The molecule has 0 unspecified atom stereocenters. The molecule has 1 aliphatic rings. The van der Waals surface area contributed by atoms with E-state index in [4.69, 9.17) is 12.2 Å². The van der Waals surface area contributed by atoms with Gasteiger partial charge in [-0.1, -0.05) is 48.5 Å². The zero-order valence-electron chi connectivity index (χ0n) is 13.6. The van der Waals surface area contributed by atoms with E-state index in [2.05, 4.69) is 5.32 Å². The maximum absolute atomic E-state index is 11.9. The Morgan fingerprint density at radius 1 is 1.08 bits per heavy atom. The molecule has 2 aromatic rings. The van der Waals surface area contributed by atoms with Gasteiger partial charge < -0.3 is 15.3 Å². The standard InChI is InChI=1S/C18H20N2O3S2/c21-17-13-25(22,23)12-16(17)20(11-14-7-3-1-4-8-14)18(24)19-15-9-5-2-6-10-15/h1-10,16-17,21H,11-13H2,(H,19,24)/t16-,17+/m0/s1. The average molecular weight is 377 g/mol. The first-order valence-corrected chi connectivity index (χ1v) is 10.2. The molecule has 0 saturated carbocycles. The van der Waals surface area contributed by atoms with Gasteiger partial charge in [-0.3, -0.25) is 0 Å². The van der Waals surface area contributed by atoms with E-state index >= 15 is 0 Å². The van der Waals surface area contributed by atoms with Crippen molar-refractivity contribution < 1.29 is 13.5 Å². The predicted molar refractivity (Wildman–Crippen MR) is 103 cm³/mol. The van der Waals surface area contributed by atoms with Gasteiger partial charge >= 0.3 is 0 Å². The van der Waals surface area contributed by atoms with Gasteiger partial charge in [0.1, 0.15) is 0 Å². The first kappa shape index (κ1) is 17.8. The van der Waals surface area contributed by atoms with Crippen molar-refractivity contribution in [2.45, 2.75) is 18.7 Å². The maximum atomic E-state index is 11.9. The quantitative estimate of drug-likeness (QED) is 0.796. The van der Waals surface area contributed by atoms with E-state index in [-0.39, 0.29) is 11.5 Å². The molecule has 0 radical (unpaired) electrons. The smallest absolute Gasteiger partial charge is 0.174 e. The number of nitrogens with one attached hydrogen (secondary N) is 1. The molecule has 0 aromatic heterocycles. The van der Waals surface area contributed by atoms with Crippen LogP contribution in [0.15, 0.2) is 60.7 Å². The highest BCUT2D eigenvalue weighted by Crippen LogP contribution is 2.22. The summed E-state index contributed by atoms with van der Waals surface area (Å²) in [4.78, 5) is 1.77. The number of anilines is 1. The summed E-state index contributed by atoms with van der Waals surface area (Å²) in [6, 6.07) is 18.6. The lowest BCUT2D eigenvalue weighted by Crippen LogP contribution is -2.47. The van der Waals surface area contributed by atoms with Crippen LogP contribution in [0.3, 0.4) is 0 Å². The summed E-state index contributed by atoms with van der Waals surface area (Å²) >= 11 is 5.53. The second-order valence-electron chi connectivity index (χ2n) is 6.12. The van der Waals surface area contributed by atoms with Crippen LogP contribution in [0.5, 0.6) is 0 Å². The summed E-state index contributed by atoms with van der Waals surface area (Å²) in [6.07, 6.45) is -0.954. The van der Waals surface area contributed by atoms with Gasteiger partial charge in [-0.05, 0) is 29.9 Å². The third-order valence-corrected chi connectivity index (χ3v) is 6.21. The number of rotatable bonds is 4. The van der Waals surface area contributed by atoms with E-state index in [1.807, 2.05) is 60.7 Å². The molecule has 0 aliphatic carbocycles. The number of hydrogen-bond donors (Lipinski definition) is 2. The van der Waals surface area contributed by atoms with Gasteiger partial charge in [-0.15, -0.1) is 0 Å². The van der Waals surface area contributed by atoms with Crippen LogP contribution in [0.4, 0.5) is 5.69 Å². The summed E-state index contributed by atoms with van der Waals surface area (Å²) < 4.78 is 23.9. The van der Waals surface area contributed by atoms with Gasteiger partial charge in [0, 0.05) is 12.2 Å². The Hall–Kier alpha value is -1.96. The van der Waals surface area contributed by atoms with Crippen LogP contribution in [0, 0.1) is 0 Å². The summed E-state index contributed by atoms with van der Waals surface area (Å²) in [5, 5.41) is 13.8. The molecule has 1 saturated heterocycles. The van der Waals surface area contributed by atoms with E-state index in [0.717, 1.165) is 11.3 Å². The number of thiocarbonyl (C=S) groups is 1. The molecule has 25 heavy (non-hydrogen) atoms. The Kier molecular flexibility index (Phi) is 5.36. The number of aliphatic hydroxyl groups excluding tert-OH is 1. The van der Waals surface area contributed by atoms with Crippen LogP contribution in [-0.4, -0.2) is 47.2 Å². The van der Waals surface area contributed by atoms with Crippen LogP contribution >= 0.6 is 12.2 Å². The number of sulfone groups is 1. The number of hydrogen-bond acceptors (Lipinski definition) is 4. The summed E-state index contributed by atoms with van der Waals surface area (Å²) in [7, 11) is -3.27. The van der Waals surface area contributed by atoms with Crippen LogP contribution in [0.2, 0.25) is 0 Å². The first-order chi connectivity index (χ1) is 11.9. The van der Waals surface area contributed by atoms with E-state index in [0.29, 0.717) is 11.7 Å². The van der Waals surface area contributed by atoms with Crippen molar-refractivity contribution in [1.29, 1.82) is 0 Å². The van der Waals surface area contributed by atoms with E-state index in [1.54, 1.807) is 4.90 Å². The zero-order chi connectivity index (χ0) is 17.9. The largest absolute Gasteiger partial charge is 0.390 e. The molecule has 1 fully saturated rings. The molecule has 2 aromatic carbocycles. The Morgan fingerprint density at radius 3 is 2.24 bits per heavy atom. The van der Waals surface area contributed by atoms with Gasteiger partial charge in [0.05, 0.1) is 23.7 Å². The van der Waals surface area contributed by atoms with Crippen molar-refractivity contribution >= 4 is 32.9 Å². The molecule has 2 N–H and O–H groups in total. The molecule has 132 valence electrons. The molecule has 5 nitrogen and oxygen atoms in total. The summed E-state index contributed by atoms with van der Waals surface area (Å²) in [5.74, 6) is -0.325. The highest BCUT2D eigenvalue weighted by Gasteiger charge is 2.41. The van der Waals surface area contributed by atoms with Crippen LogP contribution < -0.4 is 5.32 Å². The number of para-hydroxylation sites is 1. The van der Waals surface area contributed by atoms with Crippen LogP contribution in [0.25, 0.3) is 0 Å². The Labute approximate surface area is 153 Å². The Bertz CT molecular complexity index is 826. The van der Waals surface area contributed by atoms with Gasteiger partial charge in [0.25, 0.3) is 0 Å². The number of aliphatic hydroxyl groups is 1. The predicted octanol–water partition coefficient (Wildman–Crippen LogP) is 2.04. The monoisotopic (exact) mass is 376 g/mol. The van der Waals surface area contributed by atoms with Crippen molar-refractivity contribution in [1.82, 2.24) is 4.90 Å². The Balaban J connectivity index is 1.85. The lowest BCUT2D eigenvalue weighted by atomic mass is 10.1. The van der Waals surface area contributed by atoms with E-state index in [9.17, 15) is 13.5 Å². The van der Waals surface area contributed by atoms with Gasteiger partial charge in [0.2, 0.25) is 0 Å². The topological polar surface area (TPSA) is 69.6 Å². The third-order valence-electron chi connectivity index (χ3n) is 4.18. The Morgan fingerprint density at radius 2 is 1.68 bits per heavy atom. The van der Waals surface area contributed by atoms with Gasteiger partial charge in [-0.2, -0.15) is 0 Å². The highest BCUT2D eigenvalue weighted by atomic mass is 32.2. The average Bonchev–Trinajstić information content (AvgIpc) is 2.87. The van der Waals surface area contributed by atoms with Gasteiger partial charge in [-0.25, -0.2) is 8.42 Å². The van der Waals surface area contributed by atoms with Gasteiger partial charge in [0.15, 0.2) is 14.9 Å². The fraction of sp³-hybridized carbons (Fsp3) is 0.278. The molecular weight excluding hydrogens is 356 g/mol. The van der Waals surface area contributed by atoms with Crippen molar-refractivity contribution in [3.05, 3.63) is 66.2 Å². The molecule has 3 rings (SSSR count). The van der Waals surface area contributed by atoms with E-state index in [1.165, 1.54) is 0 Å². The minimum atomic E-state index is -3.27. The maximum Gasteiger partial charge on any atom is 0.174 e. The second-order valence-corrected chi connectivity index (χ2v) is 8.66.